The summed E-state index contributed by atoms with van der Waals surface area (Å²) < 4.78 is 28.5. The number of ether oxygens (including phenoxy) is 1. The van der Waals surface area contributed by atoms with E-state index in [2.05, 4.69) is 36.1 Å². The van der Waals surface area contributed by atoms with Crippen molar-refractivity contribution in [2.75, 3.05) is 32.6 Å². The van der Waals surface area contributed by atoms with Crippen molar-refractivity contribution in [2.24, 2.45) is 0 Å². The molecule has 2 aromatic carbocycles. The fourth-order valence-electron chi connectivity index (χ4n) is 3.02. The molecule has 0 radical (unpaired) electrons. The summed E-state index contributed by atoms with van der Waals surface area (Å²) in [7, 11) is -3.15. The van der Waals surface area contributed by atoms with Gasteiger partial charge in [-0.25, -0.2) is 8.42 Å². The molecule has 5 heteroatoms. The molecule has 1 saturated heterocycles. The van der Waals surface area contributed by atoms with Crippen LogP contribution in [0, 0.1) is 0 Å². The summed E-state index contributed by atoms with van der Waals surface area (Å²) in [6, 6.07) is 15.9. The first-order chi connectivity index (χ1) is 11.4. The van der Waals surface area contributed by atoms with E-state index in [1.807, 2.05) is 12.1 Å². The third-order valence-electron chi connectivity index (χ3n) is 4.60. The second-order valence-electron chi connectivity index (χ2n) is 6.24. The van der Waals surface area contributed by atoms with Crippen LogP contribution in [0.1, 0.15) is 18.5 Å². The van der Waals surface area contributed by atoms with E-state index in [9.17, 15) is 8.42 Å². The first kappa shape index (κ1) is 17.1. The zero-order valence-corrected chi connectivity index (χ0v) is 14.9. The summed E-state index contributed by atoms with van der Waals surface area (Å²) in [6.45, 7) is 5.76. The third-order valence-corrected chi connectivity index (χ3v) is 5.73. The smallest absolute Gasteiger partial charge is 0.175 e. The number of hydrogen-bond acceptors (Lipinski definition) is 4. The summed E-state index contributed by atoms with van der Waals surface area (Å²) in [4.78, 5) is 2.78. The molecule has 1 fully saturated rings. The fraction of sp³-hybridized carbons (Fsp3) is 0.368. The van der Waals surface area contributed by atoms with Gasteiger partial charge in [0.15, 0.2) is 9.84 Å². The Labute approximate surface area is 144 Å². The third kappa shape index (κ3) is 3.86. The van der Waals surface area contributed by atoms with Crippen LogP contribution in [-0.4, -0.2) is 45.9 Å². The molecule has 3 rings (SSSR count). The van der Waals surface area contributed by atoms with Crippen LogP contribution < -0.4 is 0 Å². The molecule has 1 aliphatic rings. The van der Waals surface area contributed by atoms with Gasteiger partial charge in [-0.15, -0.1) is 0 Å². The number of nitrogens with zero attached hydrogens (tertiary/aromatic N) is 1. The average molecular weight is 345 g/mol. The molecule has 1 atom stereocenters. The zero-order chi connectivity index (χ0) is 17.2. The molecule has 0 saturated carbocycles. The lowest BCUT2D eigenvalue weighted by atomic mass is 10.0. The first-order valence-electron chi connectivity index (χ1n) is 8.17. The van der Waals surface area contributed by atoms with E-state index in [4.69, 9.17) is 4.74 Å². The Balaban J connectivity index is 1.76. The van der Waals surface area contributed by atoms with Crippen LogP contribution in [0.2, 0.25) is 0 Å². The monoisotopic (exact) mass is 345 g/mol. The zero-order valence-electron chi connectivity index (χ0n) is 14.1. The molecule has 128 valence electrons. The summed E-state index contributed by atoms with van der Waals surface area (Å²) >= 11 is 0. The van der Waals surface area contributed by atoms with E-state index in [1.165, 1.54) is 11.8 Å². The molecule has 1 heterocycles. The lowest BCUT2D eigenvalue weighted by molar-refractivity contribution is 0.0198. The maximum absolute atomic E-state index is 11.5. The lowest BCUT2D eigenvalue weighted by Gasteiger charge is -2.32. The van der Waals surface area contributed by atoms with E-state index in [0.29, 0.717) is 10.9 Å². The Morgan fingerprint density at radius 1 is 0.917 bits per heavy atom. The van der Waals surface area contributed by atoms with Gasteiger partial charge in [-0.1, -0.05) is 36.4 Å². The topological polar surface area (TPSA) is 46.6 Å². The van der Waals surface area contributed by atoms with Crippen molar-refractivity contribution in [3.05, 3.63) is 54.1 Å². The van der Waals surface area contributed by atoms with Crippen molar-refractivity contribution in [1.29, 1.82) is 0 Å². The molecule has 1 aliphatic heterocycles. The first-order valence-corrected chi connectivity index (χ1v) is 10.1. The second-order valence-corrected chi connectivity index (χ2v) is 8.26. The molecule has 0 amide bonds. The fourth-order valence-corrected chi connectivity index (χ4v) is 3.65. The van der Waals surface area contributed by atoms with Gasteiger partial charge < -0.3 is 4.74 Å². The van der Waals surface area contributed by atoms with Crippen LogP contribution >= 0.6 is 0 Å². The van der Waals surface area contributed by atoms with Crippen LogP contribution in [0.15, 0.2) is 53.4 Å². The summed E-state index contributed by atoms with van der Waals surface area (Å²) in [5, 5.41) is 0. The van der Waals surface area contributed by atoms with Crippen molar-refractivity contribution < 1.29 is 13.2 Å². The molecule has 0 bridgehead atoms. The molecular formula is C19H23NO3S. The highest BCUT2D eigenvalue weighted by atomic mass is 32.2. The Morgan fingerprint density at radius 3 is 1.92 bits per heavy atom. The van der Waals surface area contributed by atoms with E-state index in [1.54, 1.807) is 12.1 Å². The second kappa shape index (κ2) is 7.05. The number of benzene rings is 2. The van der Waals surface area contributed by atoms with Crippen molar-refractivity contribution in [1.82, 2.24) is 4.90 Å². The number of hydrogen-bond donors (Lipinski definition) is 0. The molecular weight excluding hydrogens is 322 g/mol. The van der Waals surface area contributed by atoms with E-state index >= 15 is 0 Å². The van der Waals surface area contributed by atoms with Crippen molar-refractivity contribution in [3.8, 4) is 11.1 Å². The maximum atomic E-state index is 11.5. The van der Waals surface area contributed by atoms with Gasteiger partial charge in [0.1, 0.15) is 0 Å². The SMILES string of the molecule is CC(c1ccc(-c2ccc(S(C)(=O)=O)cc2)cc1)N1CCOCC1. The standard InChI is InChI=1S/C19H23NO3S/c1-15(20-11-13-23-14-12-20)16-3-5-17(6-4-16)18-7-9-19(10-8-18)24(2,21)22/h3-10,15H,11-14H2,1-2H3. The highest BCUT2D eigenvalue weighted by Gasteiger charge is 2.18. The summed E-state index contributed by atoms with van der Waals surface area (Å²) in [6.07, 6.45) is 1.23. The van der Waals surface area contributed by atoms with E-state index < -0.39 is 9.84 Å². The molecule has 1 unspecified atom stereocenters. The molecule has 0 aliphatic carbocycles. The van der Waals surface area contributed by atoms with Crippen molar-refractivity contribution in [3.63, 3.8) is 0 Å². The Hall–Kier alpha value is -1.69. The van der Waals surface area contributed by atoms with Crippen LogP contribution in [0.5, 0.6) is 0 Å². The lowest BCUT2D eigenvalue weighted by Crippen LogP contribution is -2.37. The van der Waals surface area contributed by atoms with Crippen molar-refractivity contribution >= 4 is 9.84 Å². The normalized spacial score (nSPS) is 17.6. The van der Waals surface area contributed by atoms with Gasteiger partial charge in [0, 0.05) is 25.4 Å². The minimum absolute atomic E-state index is 0.351. The molecule has 24 heavy (non-hydrogen) atoms. The van der Waals surface area contributed by atoms with Crippen LogP contribution in [0.4, 0.5) is 0 Å². The molecule has 2 aromatic rings. The molecule has 0 N–H and O–H groups in total. The minimum Gasteiger partial charge on any atom is -0.379 e. The highest BCUT2D eigenvalue weighted by molar-refractivity contribution is 7.90. The molecule has 0 aromatic heterocycles. The van der Waals surface area contributed by atoms with Crippen LogP contribution in [-0.2, 0) is 14.6 Å². The largest absolute Gasteiger partial charge is 0.379 e. The maximum Gasteiger partial charge on any atom is 0.175 e. The van der Waals surface area contributed by atoms with Gasteiger partial charge in [0.05, 0.1) is 18.1 Å². The summed E-state index contributed by atoms with van der Waals surface area (Å²) in [5.41, 5.74) is 3.40. The molecule has 4 nitrogen and oxygen atoms in total. The Bertz CT molecular complexity index is 776. The highest BCUT2D eigenvalue weighted by Crippen LogP contribution is 2.26. The van der Waals surface area contributed by atoms with Crippen LogP contribution in [0.25, 0.3) is 11.1 Å². The van der Waals surface area contributed by atoms with Gasteiger partial charge in [-0.3, -0.25) is 4.90 Å². The van der Waals surface area contributed by atoms with Gasteiger partial charge in [-0.05, 0) is 35.7 Å². The van der Waals surface area contributed by atoms with E-state index in [-0.39, 0.29) is 0 Å². The quantitative estimate of drug-likeness (QED) is 0.854. The number of rotatable bonds is 4. The number of morpholine rings is 1. The van der Waals surface area contributed by atoms with Gasteiger partial charge in [0.25, 0.3) is 0 Å². The Morgan fingerprint density at radius 2 is 1.42 bits per heavy atom. The van der Waals surface area contributed by atoms with Crippen LogP contribution in [0.3, 0.4) is 0 Å². The Kier molecular flexibility index (Phi) is 5.04. The molecule has 0 spiro atoms. The predicted octanol–water partition coefficient (Wildman–Crippen LogP) is 3.15. The van der Waals surface area contributed by atoms with E-state index in [0.717, 1.165) is 37.4 Å². The summed E-state index contributed by atoms with van der Waals surface area (Å²) in [5.74, 6) is 0. The average Bonchev–Trinajstić information content (AvgIpc) is 2.61. The van der Waals surface area contributed by atoms with Gasteiger partial charge >= 0.3 is 0 Å². The van der Waals surface area contributed by atoms with Crippen molar-refractivity contribution in [2.45, 2.75) is 17.9 Å². The predicted molar refractivity (Wildman–Crippen MR) is 95.8 cm³/mol. The minimum atomic E-state index is -3.15. The number of sulfone groups is 1. The van der Waals surface area contributed by atoms with Gasteiger partial charge in [-0.2, -0.15) is 0 Å². The van der Waals surface area contributed by atoms with Gasteiger partial charge in [0.2, 0.25) is 0 Å².